The summed E-state index contributed by atoms with van der Waals surface area (Å²) in [6.07, 6.45) is 1.21. The van der Waals surface area contributed by atoms with E-state index >= 15 is 0 Å². The van der Waals surface area contributed by atoms with Crippen molar-refractivity contribution < 1.29 is 43.3 Å². The number of aromatic hydroxyl groups is 1. The highest BCUT2D eigenvalue weighted by molar-refractivity contribution is 6.02. The van der Waals surface area contributed by atoms with Gasteiger partial charge in [0.05, 0.1) is 23.1 Å². The van der Waals surface area contributed by atoms with Crippen molar-refractivity contribution in [2.45, 2.75) is 104 Å². The maximum absolute atomic E-state index is 13.4. The summed E-state index contributed by atoms with van der Waals surface area (Å²) in [5, 5.41) is 15.4. The van der Waals surface area contributed by atoms with Gasteiger partial charge in [0.2, 0.25) is 5.91 Å². The molecule has 1 heterocycles. The van der Waals surface area contributed by atoms with E-state index < -0.39 is 71.7 Å². The quantitative estimate of drug-likeness (QED) is 0.158. The van der Waals surface area contributed by atoms with E-state index in [0.717, 1.165) is 19.3 Å². The van der Waals surface area contributed by atoms with Crippen LogP contribution in [0.25, 0.3) is 0 Å². The van der Waals surface area contributed by atoms with E-state index in [9.17, 15) is 29.1 Å². The van der Waals surface area contributed by atoms with Crippen molar-refractivity contribution in [3.8, 4) is 5.75 Å². The highest BCUT2D eigenvalue weighted by Gasteiger charge is 2.44. The van der Waals surface area contributed by atoms with Crippen LogP contribution in [0.1, 0.15) is 90.4 Å². The number of benzene rings is 1. The van der Waals surface area contributed by atoms with Crippen LogP contribution in [-0.2, 0) is 33.4 Å². The number of carbonyl (C=O) groups is 5. The molecule has 0 radical (unpaired) electrons. The number of phenolic OH excluding ortho intramolecular Hbond substituents is 1. The van der Waals surface area contributed by atoms with E-state index in [-0.39, 0.29) is 11.3 Å². The monoisotopic (exact) mass is 562 g/mol. The van der Waals surface area contributed by atoms with Crippen molar-refractivity contribution >= 4 is 35.4 Å². The second-order valence-corrected chi connectivity index (χ2v) is 10.3. The lowest BCUT2D eigenvalue weighted by Gasteiger charge is -2.30. The highest BCUT2D eigenvalue weighted by Crippen LogP contribution is 2.29. The van der Waals surface area contributed by atoms with Gasteiger partial charge < -0.3 is 30.0 Å². The predicted molar refractivity (Wildman–Crippen MR) is 146 cm³/mol. The summed E-state index contributed by atoms with van der Waals surface area (Å²) in [5.41, 5.74) is -0.193. The Hall–Kier alpha value is -3.63. The lowest BCUT2D eigenvalue weighted by molar-refractivity contribution is -0.177. The zero-order valence-corrected chi connectivity index (χ0v) is 24.2. The predicted octanol–water partition coefficient (Wildman–Crippen LogP) is 3.87. The number of hydrogen-bond acceptors (Lipinski definition) is 9. The van der Waals surface area contributed by atoms with Crippen molar-refractivity contribution in [1.29, 1.82) is 0 Å². The summed E-state index contributed by atoms with van der Waals surface area (Å²) in [5.74, 6) is -5.14. The molecule has 1 fully saturated rings. The molecule has 0 aromatic heterocycles. The van der Waals surface area contributed by atoms with E-state index in [2.05, 4.69) is 17.6 Å². The summed E-state index contributed by atoms with van der Waals surface area (Å²) in [7, 11) is 0. The Kier molecular flexibility index (Phi) is 12.4. The third-order valence-electron chi connectivity index (χ3n) is 7.00. The first-order valence-electron chi connectivity index (χ1n) is 13.9. The fourth-order valence-electron chi connectivity index (χ4n) is 4.40. The third kappa shape index (κ3) is 8.69. The van der Waals surface area contributed by atoms with Crippen LogP contribution < -0.4 is 10.6 Å². The Morgan fingerprint density at radius 2 is 1.70 bits per heavy atom. The molecule has 11 nitrogen and oxygen atoms in total. The molecule has 0 bridgehead atoms. The van der Waals surface area contributed by atoms with Gasteiger partial charge in [-0.2, -0.15) is 0 Å². The fraction of sp³-hybridized carbons (Fsp3) is 0.621. The molecule has 1 aromatic rings. The third-order valence-corrected chi connectivity index (χ3v) is 7.00. The number of esters is 3. The smallest absolute Gasteiger partial charge is 0.332 e. The van der Waals surface area contributed by atoms with Gasteiger partial charge in [-0.3, -0.25) is 19.2 Å². The molecule has 1 aromatic carbocycles. The number of para-hydroxylation sites is 1. The number of cyclic esters (lactones) is 2. The molecule has 6 atom stereocenters. The van der Waals surface area contributed by atoms with Crippen LogP contribution in [0.15, 0.2) is 18.2 Å². The highest BCUT2D eigenvalue weighted by atomic mass is 16.6. The minimum Gasteiger partial charge on any atom is -0.505 e. The number of unbranched alkanes of at least 4 members (excludes halogenated alkanes) is 3. The molecule has 0 spiro atoms. The average Bonchev–Trinajstić information content (AvgIpc) is 2.92. The number of hydrogen-bond donors (Lipinski definition) is 3. The van der Waals surface area contributed by atoms with Crippen molar-refractivity contribution in [2.75, 3.05) is 5.32 Å². The molecule has 11 heteroatoms. The number of phenols is 1. The molecule has 2 rings (SSSR count). The van der Waals surface area contributed by atoms with Crippen LogP contribution in [0.3, 0.4) is 0 Å². The molecule has 3 N–H and O–H groups in total. The number of nitrogens with one attached hydrogen (secondary N) is 2. The van der Waals surface area contributed by atoms with Crippen LogP contribution in [0, 0.1) is 11.8 Å². The maximum Gasteiger partial charge on any atom is 0.332 e. The second-order valence-electron chi connectivity index (χ2n) is 10.3. The summed E-state index contributed by atoms with van der Waals surface area (Å²) >= 11 is 0. The van der Waals surface area contributed by atoms with Crippen LogP contribution in [-0.4, -0.2) is 59.2 Å². The molecular weight excluding hydrogens is 520 g/mol. The molecule has 1 saturated heterocycles. The Morgan fingerprint density at radius 1 is 1.02 bits per heavy atom. The Morgan fingerprint density at radius 3 is 2.33 bits per heavy atom. The second kappa shape index (κ2) is 15.2. The summed E-state index contributed by atoms with van der Waals surface area (Å²) in [4.78, 5) is 63.9. The molecule has 2 amide bonds. The molecule has 1 aliphatic rings. The van der Waals surface area contributed by atoms with Gasteiger partial charge in [0.1, 0.15) is 12.2 Å². The maximum atomic E-state index is 13.4. The molecular formula is C29H42N2O9. The number of carbonyl (C=O) groups excluding carboxylic acids is 5. The van der Waals surface area contributed by atoms with Gasteiger partial charge in [-0.25, -0.2) is 4.79 Å². The zero-order valence-electron chi connectivity index (χ0n) is 24.2. The fourth-order valence-corrected chi connectivity index (χ4v) is 4.40. The average molecular weight is 563 g/mol. The van der Waals surface area contributed by atoms with Gasteiger partial charge in [0.25, 0.3) is 5.91 Å². The molecule has 1 aliphatic heterocycles. The van der Waals surface area contributed by atoms with E-state index in [0.29, 0.717) is 19.3 Å². The van der Waals surface area contributed by atoms with Crippen molar-refractivity contribution in [1.82, 2.24) is 5.32 Å². The van der Waals surface area contributed by atoms with Crippen molar-refractivity contribution in [3.05, 3.63) is 23.8 Å². The normalized spacial score (nSPS) is 23.9. The van der Waals surface area contributed by atoms with E-state index in [1.807, 2.05) is 6.92 Å². The first-order chi connectivity index (χ1) is 18.9. The number of amides is 2. The number of ether oxygens (including phenoxy) is 3. The molecule has 6 unspecified atom stereocenters. The van der Waals surface area contributed by atoms with Gasteiger partial charge in [0, 0.05) is 6.92 Å². The van der Waals surface area contributed by atoms with Crippen LogP contribution in [0.5, 0.6) is 5.75 Å². The topological polar surface area (TPSA) is 157 Å². The van der Waals surface area contributed by atoms with Crippen LogP contribution in [0.2, 0.25) is 0 Å². The summed E-state index contributed by atoms with van der Waals surface area (Å²) < 4.78 is 17.0. The van der Waals surface area contributed by atoms with Gasteiger partial charge in [0.15, 0.2) is 17.9 Å². The van der Waals surface area contributed by atoms with Crippen LogP contribution >= 0.6 is 0 Å². The lowest BCUT2D eigenvalue weighted by Crippen LogP contribution is -2.50. The Labute approximate surface area is 235 Å². The molecule has 0 aliphatic carbocycles. The minimum absolute atomic E-state index is 0.0159. The van der Waals surface area contributed by atoms with E-state index in [1.165, 1.54) is 39.0 Å². The van der Waals surface area contributed by atoms with Crippen molar-refractivity contribution in [3.63, 3.8) is 0 Å². The van der Waals surface area contributed by atoms with E-state index in [4.69, 9.17) is 14.2 Å². The first-order valence-corrected chi connectivity index (χ1v) is 13.9. The standard InChI is InChI=1S/C29H42N2O9/c1-7-9-10-11-13-21-25(40-27(35)16(3)8-2)18(5)39-29(37)23(17(4)38-28(21)36)31-26(34)20-14-12-15-22(24(20)33)30-19(6)32/h12,14-18,21,23,25,33H,7-11,13H2,1-6H3,(H,30,32)(H,31,34). The van der Waals surface area contributed by atoms with Crippen LogP contribution in [0.4, 0.5) is 5.69 Å². The molecule has 40 heavy (non-hydrogen) atoms. The summed E-state index contributed by atoms with van der Waals surface area (Å²) in [6, 6.07) is 2.75. The zero-order chi connectivity index (χ0) is 30.0. The Balaban J connectivity index is 2.35. The SMILES string of the molecule is CCCCCCC1C(=O)OC(C)C(NC(=O)c2cccc(NC(C)=O)c2O)C(=O)OC(C)C1OC(=O)C(C)CC. The Bertz CT molecular complexity index is 1070. The molecule has 222 valence electrons. The lowest BCUT2D eigenvalue weighted by atomic mass is 9.91. The van der Waals surface area contributed by atoms with Gasteiger partial charge in [-0.15, -0.1) is 0 Å². The first kappa shape index (κ1) is 32.6. The van der Waals surface area contributed by atoms with Gasteiger partial charge >= 0.3 is 17.9 Å². The minimum atomic E-state index is -1.42. The van der Waals surface area contributed by atoms with Crippen molar-refractivity contribution in [2.24, 2.45) is 11.8 Å². The molecule has 0 saturated carbocycles. The van der Waals surface area contributed by atoms with Gasteiger partial charge in [-0.05, 0) is 38.8 Å². The number of anilines is 1. The number of rotatable bonds is 11. The summed E-state index contributed by atoms with van der Waals surface area (Å²) in [6.45, 7) is 9.86. The van der Waals surface area contributed by atoms with Gasteiger partial charge in [-0.1, -0.05) is 52.5 Å². The van der Waals surface area contributed by atoms with E-state index in [1.54, 1.807) is 6.92 Å². The largest absolute Gasteiger partial charge is 0.505 e.